The van der Waals surface area contributed by atoms with Crippen molar-refractivity contribution in [1.82, 2.24) is 9.78 Å². The van der Waals surface area contributed by atoms with Crippen LogP contribution in [0.5, 0.6) is 11.5 Å². The predicted octanol–water partition coefficient (Wildman–Crippen LogP) is 5.56. The van der Waals surface area contributed by atoms with Crippen LogP contribution in [-0.2, 0) is 6.42 Å². The van der Waals surface area contributed by atoms with Gasteiger partial charge in [0, 0.05) is 23.8 Å². The molecule has 3 aromatic carbocycles. The summed E-state index contributed by atoms with van der Waals surface area (Å²) in [7, 11) is 2.98. The number of nitrogens with zero attached hydrogens (tertiary/aromatic N) is 2. The molecule has 0 atom stereocenters. The van der Waals surface area contributed by atoms with E-state index in [1.165, 1.54) is 20.3 Å². The first-order valence-corrected chi connectivity index (χ1v) is 10.6. The number of carboxylic acids is 1. The van der Waals surface area contributed by atoms with Crippen molar-refractivity contribution >= 4 is 17.5 Å². The van der Waals surface area contributed by atoms with Gasteiger partial charge >= 0.3 is 5.97 Å². The van der Waals surface area contributed by atoms with Crippen molar-refractivity contribution in [2.45, 2.75) is 13.3 Å². The summed E-state index contributed by atoms with van der Waals surface area (Å²) in [4.78, 5) is 12.0. The molecule has 2 N–H and O–H groups in total. The molecule has 0 saturated carbocycles. The smallest absolute Gasteiger partial charge is 0.337 e. The largest absolute Gasteiger partial charge is 0.493 e. The van der Waals surface area contributed by atoms with Gasteiger partial charge in [-0.3, -0.25) is 0 Å². The Balaban J connectivity index is 1.89. The van der Waals surface area contributed by atoms with Crippen LogP contribution in [0.15, 0.2) is 72.8 Å². The summed E-state index contributed by atoms with van der Waals surface area (Å²) in [6, 6.07) is 22.8. The van der Waals surface area contributed by atoms with Gasteiger partial charge in [0.2, 0.25) is 0 Å². The van der Waals surface area contributed by atoms with Crippen LogP contribution >= 0.6 is 0 Å². The summed E-state index contributed by atoms with van der Waals surface area (Å²) in [5.41, 5.74) is 4.19. The first-order valence-electron chi connectivity index (χ1n) is 10.6. The zero-order chi connectivity index (χ0) is 23.4. The average molecular weight is 444 g/mol. The molecule has 0 aliphatic carbocycles. The highest BCUT2D eigenvalue weighted by molar-refractivity contribution is 5.96. The fraction of sp³-hybridized carbons (Fsp3) is 0.154. The van der Waals surface area contributed by atoms with Gasteiger partial charge in [-0.1, -0.05) is 55.5 Å². The summed E-state index contributed by atoms with van der Waals surface area (Å²) < 4.78 is 12.5. The van der Waals surface area contributed by atoms with E-state index >= 15 is 0 Å². The molecule has 1 heterocycles. The number of hydrogen-bond acceptors (Lipinski definition) is 5. The monoisotopic (exact) mass is 443 g/mol. The van der Waals surface area contributed by atoms with Crippen molar-refractivity contribution < 1.29 is 19.4 Å². The summed E-state index contributed by atoms with van der Waals surface area (Å²) in [6.07, 6.45) is 0.826. The van der Waals surface area contributed by atoms with Crippen LogP contribution in [0.25, 0.3) is 16.9 Å². The quantitative estimate of drug-likeness (QED) is 0.371. The lowest BCUT2D eigenvalue weighted by Gasteiger charge is -2.16. The molecule has 7 heteroatoms. The molecule has 0 bridgehead atoms. The number of para-hydroxylation sites is 1. The van der Waals surface area contributed by atoms with Gasteiger partial charge in [-0.2, -0.15) is 5.10 Å². The van der Waals surface area contributed by atoms with Gasteiger partial charge in [0.1, 0.15) is 5.82 Å². The number of carbonyl (C=O) groups is 1. The van der Waals surface area contributed by atoms with Gasteiger partial charge in [-0.05, 0) is 18.1 Å². The Hall–Kier alpha value is -4.26. The SMILES string of the molecule is CCc1ccccc1-n1nc(-c2ccccc2)cc1Nc1cc(OC)c(OC)cc1C(=O)O. The number of aryl methyl sites for hydroxylation is 1. The van der Waals surface area contributed by atoms with Crippen molar-refractivity contribution in [3.8, 4) is 28.4 Å². The predicted molar refractivity (Wildman–Crippen MR) is 128 cm³/mol. The number of rotatable bonds is 8. The summed E-state index contributed by atoms with van der Waals surface area (Å²) in [6.45, 7) is 2.09. The lowest BCUT2D eigenvalue weighted by molar-refractivity contribution is 0.0697. The van der Waals surface area contributed by atoms with Gasteiger partial charge in [-0.15, -0.1) is 0 Å². The van der Waals surface area contributed by atoms with Gasteiger partial charge in [0.25, 0.3) is 0 Å². The summed E-state index contributed by atoms with van der Waals surface area (Å²) in [5, 5.41) is 17.9. The topological polar surface area (TPSA) is 85.6 Å². The fourth-order valence-corrected chi connectivity index (χ4v) is 3.72. The Bertz CT molecular complexity index is 1280. The first-order chi connectivity index (χ1) is 16.0. The molecule has 168 valence electrons. The van der Waals surface area contributed by atoms with Crippen molar-refractivity contribution in [3.63, 3.8) is 0 Å². The van der Waals surface area contributed by atoms with Crippen LogP contribution in [-0.4, -0.2) is 35.1 Å². The van der Waals surface area contributed by atoms with Crippen molar-refractivity contribution in [1.29, 1.82) is 0 Å². The highest BCUT2D eigenvalue weighted by Gasteiger charge is 2.20. The molecule has 4 aromatic rings. The molecule has 0 aliphatic rings. The molecular formula is C26H25N3O4. The number of aromatic carboxylic acids is 1. The second kappa shape index (κ2) is 9.48. The Morgan fingerprint density at radius 2 is 1.64 bits per heavy atom. The van der Waals surface area contributed by atoms with E-state index in [9.17, 15) is 9.90 Å². The maximum absolute atomic E-state index is 12.0. The average Bonchev–Trinajstić information content (AvgIpc) is 3.27. The zero-order valence-corrected chi connectivity index (χ0v) is 18.7. The molecule has 0 spiro atoms. The van der Waals surface area contributed by atoms with E-state index in [2.05, 4.69) is 18.3 Å². The number of aromatic nitrogens is 2. The number of anilines is 2. The highest BCUT2D eigenvalue weighted by Crippen LogP contribution is 2.36. The maximum Gasteiger partial charge on any atom is 0.337 e. The van der Waals surface area contributed by atoms with Crippen LogP contribution in [0.4, 0.5) is 11.5 Å². The minimum Gasteiger partial charge on any atom is -0.493 e. The van der Waals surface area contributed by atoms with E-state index in [0.717, 1.165) is 28.9 Å². The normalized spacial score (nSPS) is 10.6. The molecule has 1 aromatic heterocycles. The number of benzene rings is 3. The molecule has 0 unspecified atom stereocenters. The molecule has 0 radical (unpaired) electrons. The molecule has 7 nitrogen and oxygen atoms in total. The van der Waals surface area contributed by atoms with E-state index in [1.807, 2.05) is 59.3 Å². The van der Waals surface area contributed by atoms with Gasteiger partial charge in [0.15, 0.2) is 11.5 Å². The van der Waals surface area contributed by atoms with Crippen LogP contribution in [0.2, 0.25) is 0 Å². The van der Waals surface area contributed by atoms with E-state index in [-0.39, 0.29) is 5.56 Å². The Kier molecular flexibility index (Phi) is 6.31. The fourth-order valence-electron chi connectivity index (χ4n) is 3.72. The molecule has 0 fully saturated rings. The second-order valence-electron chi connectivity index (χ2n) is 7.36. The Morgan fingerprint density at radius 3 is 2.30 bits per heavy atom. The molecule has 0 amide bonds. The third-order valence-corrected chi connectivity index (χ3v) is 5.40. The number of methoxy groups -OCH3 is 2. The number of ether oxygens (including phenoxy) is 2. The molecule has 0 saturated heterocycles. The molecule has 0 aliphatic heterocycles. The van der Waals surface area contributed by atoms with Gasteiger partial charge in [0.05, 0.1) is 36.9 Å². The van der Waals surface area contributed by atoms with Gasteiger partial charge in [-0.25, -0.2) is 9.48 Å². The highest BCUT2D eigenvalue weighted by atomic mass is 16.5. The summed E-state index contributed by atoms with van der Waals surface area (Å²) in [5.74, 6) is 0.315. The van der Waals surface area contributed by atoms with Crippen LogP contribution in [0, 0.1) is 0 Å². The molecular weight excluding hydrogens is 418 g/mol. The Labute approximate surface area is 192 Å². The van der Waals surface area contributed by atoms with Crippen LogP contribution < -0.4 is 14.8 Å². The van der Waals surface area contributed by atoms with E-state index in [0.29, 0.717) is 23.0 Å². The van der Waals surface area contributed by atoms with E-state index < -0.39 is 5.97 Å². The summed E-state index contributed by atoms with van der Waals surface area (Å²) >= 11 is 0. The maximum atomic E-state index is 12.0. The second-order valence-corrected chi connectivity index (χ2v) is 7.36. The third-order valence-electron chi connectivity index (χ3n) is 5.40. The minimum atomic E-state index is -1.08. The zero-order valence-electron chi connectivity index (χ0n) is 18.7. The Morgan fingerprint density at radius 1 is 0.970 bits per heavy atom. The van der Waals surface area contributed by atoms with Crippen molar-refractivity contribution in [3.05, 3.63) is 83.9 Å². The number of carboxylic acid groups (broad SMARTS) is 1. The van der Waals surface area contributed by atoms with E-state index in [1.54, 1.807) is 6.07 Å². The van der Waals surface area contributed by atoms with Gasteiger partial charge < -0.3 is 19.9 Å². The van der Waals surface area contributed by atoms with Crippen LogP contribution in [0.1, 0.15) is 22.8 Å². The van der Waals surface area contributed by atoms with Crippen molar-refractivity contribution in [2.75, 3.05) is 19.5 Å². The van der Waals surface area contributed by atoms with E-state index in [4.69, 9.17) is 14.6 Å². The van der Waals surface area contributed by atoms with Crippen molar-refractivity contribution in [2.24, 2.45) is 0 Å². The number of nitrogens with one attached hydrogen (secondary N) is 1. The lowest BCUT2D eigenvalue weighted by atomic mass is 10.1. The first kappa shape index (κ1) is 22.0. The standard InChI is InChI=1S/C26H25N3O4/c1-4-17-10-8-9-13-22(17)29-25(16-20(28-29)18-11-6-5-7-12-18)27-21-15-24(33-3)23(32-2)14-19(21)26(30)31/h5-16,27H,4H2,1-3H3,(H,30,31). The lowest BCUT2D eigenvalue weighted by Crippen LogP contribution is -2.09. The number of hydrogen-bond donors (Lipinski definition) is 2. The molecule has 4 rings (SSSR count). The minimum absolute atomic E-state index is 0.0606. The third kappa shape index (κ3) is 4.39. The van der Waals surface area contributed by atoms with Crippen LogP contribution in [0.3, 0.4) is 0 Å². The molecule has 33 heavy (non-hydrogen) atoms.